The van der Waals surface area contributed by atoms with Gasteiger partial charge in [0.1, 0.15) is 25.4 Å². The predicted octanol–water partition coefficient (Wildman–Crippen LogP) is -0.352. The molecule has 0 saturated carbocycles. The van der Waals surface area contributed by atoms with Gasteiger partial charge in [-0.05, 0) is 6.92 Å². The second kappa shape index (κ2) is 7.07. The minimum atomic E-state index is -4.51. The third-order valence-corrected chi connectivity index (χ3v) is 2.14. The van der Waals surface area contributed by atoms with Crippen LogP contribution in [0.2, 0.25) is 0 Å². The summed E-state index contributed by atoms with van der Waals surface area (Å²) in [5.41, 5.74) is 4.80. The first kappa shape index (κ1) is 17.0. The van der Waals surface area contributed by atoms with Crippen LogP contribution in [0, 0.1) is 0 Å². The van der Waals surface area contributed by atoms with Gasteiger partial charge in [-0.25, -0.2) is 4.68 Å². The standard InChI is InChI=1S/C11H15F3N4O3/c1-7(15)5-21-8-2-10(20)18(17-3-8)4-9(19)16-6-11(12,13)14/h2-3,7H,4-6,15H2,1H3,(H,16,19). The summed E-state index contributed by atoms with van der Waals surface area (Å²) in [5.74, 6) is -0.796. The van der Waals surface area contributed by atoms with Gasteiger partial charge in [0, 0.05) is 12.1 Å². The Bertz CT molecular complexity index is 542. The fraction of sp³-hybridized carbons (Fsp3) is 0.545. The lowest BCUT2D eigenvalue weighted by atomic mass is 10.4. The second-order valence-corrected chi connectivity index (χ2v) is 4.37. The van der Waals surface area contributed by atoms with Gasteiger partial charge >= 0.3 is 6.18 Å². The number of carbonyl (C=O) groups excluding carboxylic acids is 1. The summed E-state index contributed by atoms with van der Waals surface area (Å²) in [6.07, 6.45) is -3.33. The number of nitrogens with one attached hydrogen (secondary N) is 1. The summed E-state index contributed by atoms with van der Waals surface area (Å²) < 4.78 is 41.6. The molecule has 0 saturated heterocycles. The molecule has 7 nitrogen and oxygen atoms in total. The molecule has 0 radical (unpaired) electrons. The fourth-order valence-corrected chi connectivity index (χ4v) is 1.23. The third kappa shape index (κ3) is 6.75. The van der Waals surface area contributed by atoms with Crippen molar-refractivity contribution in [3.63, 3.8) is 0 Å². The maximum atomic E-state index is 11.9. The first-order valence-electron chi connectivity index (χ1n) is 5.96. The van der Waals surface area contributed by atoms with Gasteiger partial charge in [-0.2, -0.15) is 18.3 Å². The third-order valence-electron chi connectivity index (χ3n) is 2.14. The van der Waals surface area contributed by atoms with Crippen molar-refractivity contribution in [3.8, 4) is 5.75 Å². The van der Waals surface area contributed by atoms with Gasteiger partial charge in [0.25, 0.3) is 5.56 Å². The van der Waals surface area contributed by atoms with Gasteiger partial charge in [0.15, 0.2) is 0 Å². The molecule has 0 aliphatic heterocycles. The number of alkyl halides is 3. The number of halogens is 3. The van der Waals surface area contributed by atoms with Crippen molar-refractivity contribution in [2.45, 2.75) is 25.7 Å². The molecule has 1 amide bonds. The quantitative estimate of drug-likeness (QED) is 0.748. The normalized spacial score (nSPS) is 12.8. The number of hydrogen-bond donors (Lipinski definition) is 2. The zero-order valence-electron chi connectivity index (χ0n) is 11.2. The molecule has 0 aromatic carbocycles. The molecule has 1 aromatic heterocycles. The molecule has 21 heavy (non-hydrogen) atoms. The van der Waals surface area contributed by atoms with Gasteiger partial charge < -0.3 is 15.8 Å². The number of amides is 1. The molecule has 0 fully saturated rings. The van der Waals surface area contributed by atoms with Crippen LogP contribution in [0.3, 0.4) is 0 Å². The Balaban J connectivity index is 2.60. The van der Waals surface area contributed by atoms with Crippen LogP contribution in [0.5, 0.6) is 5.75 Å². The average Bonchev–Trinajstić information content (AvgIpc) is 2.36. The molecule has 0 aliphatic carbocycles. The number of nitrogens with two attached hydrogens (primary N) is 1. The Kier molecular flexibility index (Phi) is 5.70. The predicted molar refractivity (Wildman–Crippen MR) is 66.7 cm³/mol. The van der Waals surface area contributed by atoms with Crippen LogP contribution in [0.15, 0.2) is 17.1 Å². The highest BCUT2D eigenvalue weighted by Crippen LogP contribution is 2.12. The highest BCUT2D eigenvalue weighted by Gasteiger charge is 2.27. The van der Waals surface area contributed by atoms with Crippen molar-refractivity contribution in [1.29, 1.82) is 0 Å². The molecule has 1 atom stereocenters. The molecular formula is C11H15F3N4O3. The summed E-state index contributed by atoms with van der Waals surface area (Å²) >= 11 is 0. The first-order valence-corrected chi connectivity index (χ1v) is 5.96. The van der Waals surface area contributed by atoms with Crippen LogP contribution in [0.4, 0.5) is 13.2 Å². The maximum Gasteiger partial charge on any atom is 0.405 e. The largest absolute Gasteiger partial charge is 0.490 e. The van der Waals surface area contributed by atoms with Gasteiger partial charge in [0.05, 0.1) is 6.20 Å². The van der Waals surface area contributed by atoms with E-state index in [4.69, 9.17) is 10.5 Å². The van der Waals surface area contributed by atoms with Crippen molar-refractivity contribution < 1.29 is 22.7 Å². The summed E-state index contributed by atoms with van der Waals surface area (Å²) in [5, 5.41) is 5.28. The number of nitrogens with zero attached hydrogens (tertiary/aromatic N) is 2. The van der Waals surface area contributed by atoms with Crippen LogP contribution in [-0.4, -0.2) is 41.1 Å². The Morgan fingerprint density at radius 2 is 2.24 bits per heavy atom. The molecule has 118 valence electrons. The van der Waals surface area contributed by atoms with Crippen LogP contribution >= 0.6 is 0 Å². The van der Waals surface area contributed by atoms with Crippen molar-refractivity contribution >= 4 is 5.91 Å². The molecular weight excluding hydrogens is 293 g/mol. The minimum absolute atomic E-state index is 0.171. The van der Waals surface area contributed by atoms with E-state index in [9.17, 15) is 22.8 Å². The fourth-order valence-electron chi connectivity index (χ4n) is 1.23. The van der Waals surface area contributed by atoms with E-state index in [1.807, 2.05) is 0 Å². The number of aromatic nitrogens is 2. The zero-order valence-corrected chi connectivity index (χ0v) is 11.2. The monoisotopic (exact) mass is 308 g/mol. The first-order chi connectivity index (χ1) is 9.67. The molecule has 1 aromatic rings. The lowest BCUT2D eigenvalue weighted by Crippen LogP contribution is -2.38. The van der Waals surface area contributed by atoms with Crippen LogP contribution in [0.1, 0.15) is 6.92 Å². The molecule has 3 N–H and O–H groups in total. The zero-order chi connectivity index (χ0) is 16.0. The van der Waals surface area contributed by atoms with E-state index in [1.165, 1.54) is 6.20 Å². The summed E-state index contributed by atoms with van der Waals surface area (Å²) in [7, 11) is 0. The van der Waals surface area contributed by atoms with Crippen molar-refractivity contribution in [2.75, 3.05) is 13.2 Å². The Morgan fingerprint density at radius 1 is 1.57 bits per heavy atom. The number of carbonyl (C=O) groups is 1. The lowest BCUT2D eigenvalue weighted by Gasteiger charge is -2.10. The second-order valence-electron chi connectivity index (χ2n) is 4.37. The van der Waals surface area contributed by atoms with Crippen LogP contribution < -0.4 is 21.3 Å². The Labute approximate surface area is 117 Å². The molecule has 0 aliphatic rings. The van der Waals surface area contributed by atoms with Crippen molar-refractivity contribution in [1.82, 2.24) is 15.1 Å². The van der Waals surface area contributed by atoms with Crippen LogP contribution in [-0.2, 0) is 11.3 Å². The smallest absolute Gasteiger partial charge is 0.405 e. The Morgan fingerprint density at radius 3 is 2.76 bits per heavy atom. The highest BCUT2D eigenvalue weighted by molar-refractivity contribution is 5.75. The Hall–Kier alpha value is -2.10. The van der Waals surface area contributed by atoms with Gasteiger partial charge in [-0.1, -0.05) is 0 Å². The van der Waals surface area contributed by atoms with E-state index < -0.39 is 30.7 Å². The number of rotatable bonds is 6. The maximum absolute atomic E-state index is 11.9. The van der Waals surface area contributed by atoms with Gasteiger partial charge in [-0.3, -0.25) is 9.59 Å². The minimum Gasteiger partial charge on any atom is -0.490 e. The molecule has 10 heteroatoms. The molecule has 1 heterocycles. The molecule has 0 bridgehead atoms. The van der Waals surface area contributed by atoms with E-state index in [2.05, 4.69) is 5.10 Å². The summed E-state index contributed by atoms with van der Waals surface area (Å²) in [6, 6.07) is 0.840. The van der Waals surface area contributed by atoms with Gasteiger partial charge in [0.2, 0.25) is 5.91 Å². The highest BCUT2D eigenvalue weighted by atomic mass is 19.4. The molecule has 0 spiro atoms. The van der Waals surface area contributed by atoms with E-state index in [-0.39, 0.29) is 18.4 Å². The molecule has 1 unspecified atom stereocenters. The van der Waals surface area contributed by atoms with Crippen LogP contribution in [0.25, 0.3) is 0 Å². The topological polar surface area (TPSA) is 99.2 Å². The SMILES string of the molecule is CC(N)COc1cnn(CC(=O)NCC(F)(F)F)c(=O)c1. The van der Waals surface area contributed by atoms with E-state index in [0.717, 1.165) is 10.7 Å². The van der Waals surface area contributed by atoms with E-state index in [1.54, 1.807) is 12.2 Å². The summed E-state index contributed by atoms with van der Waals surface area (Å²) in [4.78, 5) is 22.9. The van der Waals surface area contributed by atoms with Crippen molar-refractivity contribution in [2.24, 2.45) is 5.73 Å². The molecule has 1 rings (SSSR count). The summed E-state index contributed by atoms with van der Waals surface area (Å²) in [6.45, 7) is -0.185. The van der Waals surface area contributed by atoms with E-state index >= 15 is 0 Å². The van der Waals surface area contributed by atoms with Crippen molar-refractivity contribution in [3.05, 3.63) is 22.6 Å². The van der Waals surface area contributed by atoms with Gasteiger partial charge in [-0.15, -0.1) is 0 Å². The number of hydrogen-bond acceptors (Lipinski definition) is 5. The lowest BCUT2D eigenvalue weighted by molar-refractivity contribution is -0.138. The average molecular weight is 308 g/mol. The van der Waals surface area contributed by atoms with E-state index in [0.29, 0.717) is 0 Å². The number of ether oxygens (including phenoxy) is 1.